The van der Waals surface area contributed by atoms with Crippen LogP contribution in [-0.2, 0) is 14.8 Å². The molecule has 0 aliphatic heterocycles. The van der Waals surface area contributed by atoms with Gasteiger partial charge in [0.25, 0.3) is 0 Å². The summed E-state index contributed by atoms with van der Waals surface area (Å²) in [6.45, 7) is 0.860. The summed E-state index contributed by atoms with van der Waals surface area (Å²) in [7, 11) is 0.679. The number of benzene rings is 1. The van der Waals surface area contributed by atoms with Crippen LogP contribution >= 0.6 is 0 Å². The predicted octanol–water partition coefficient (Wildman–Crippen LogP) is -0.0216. The molecule has 0 bridgehead atoms. The Morgan fingerprint density at radius 3 is 2.50 bits per heavy atom. The number of nitrogens with one attached hydrogen (secondary N) is 1. The van der Waals surface area contributed by atoms with Crippen LogP contribution in [-0.4, -0.2) is 57.3 Å². The second-order valence-electron chi connectivity index (χ2n) is 4.34. The molecule has 8 heteroatoms. The highest BCUT2D eigenvalue weighted by molar-refractivity contribution is 7.89. The fourth-order valence-corrected chi connectivity index (χ4v) is 2.64. The Kier molecular flexibility index (Phi) is 5.90. The molecule has 0 aromatic heterocycles. The number of hydrogen-bond acceptors (Lipinski definition) is 6. The minimum atomic E-state index is -3.69. The van der Waals surface area contributed by atoms with E-state index in [0.717, 1.165) is 4.31 Å². The van der Waals surface area contributed by atoms with E-state index in [4.69, 9.17) is 14.9 Å². The summed E-state index contributed by atoms with van der Waals surface area (Å²) < 4.78 is 30.5. The molecule has 0 saturated heterocycles. The lowest BCUT2D eigenvalue weighted by molar-refractivity contribution is -0.0426. The highest BCUT2D eigenvalue weighted by Gasteiger charge is 2.22. The van der Waals surface area contributed by atoms with Gasteiger partial charge in [-0.2, -0.15) is 0 Å². The van der Waals surface area contributed by atoms with Gasteiger partial charge >= 0.3 is 0 Å². The zero-order valence-corrected chi connectivity index (χ0v) is 12.5. The van der Waals surface area contributed by atoms with E-state index in [9.17, 15) is 8.42 Å². The maximum Gasteiger partial charge on any atom is 0.244 e. The summed E-state index contributed by atoms with van der Waals surface area (Å²) in [5.74, 6) is 0. The first-order chi connectivity index (χ1) is 9.30. The normalized spacial score (nSPS) is 12.2. The molecule has 1 aromatic rings. The molecule has 7 nitrogen and oxygen atoms in total. The van der Waals surface area contributed by atoms with Crippen LogP contribution in [0.1, 0.15) is 11.9 Å². The quantitative estimate of drug-likeness (QED) is 0.483. The van der Waals surface area contributed by atoms with Crippen LogP contribution < -0.4 is 5.32 Å². The largest absolute Gasteiger partial charge is 0.383 e. The van der Waals surface area contributed by atoms with Gasteiger partial charge in [-0.05, 0) is 12.1 Å². The van der Waals surface area contributed by atoms with E-state index in [1.807, 2.05) is 0 Å². The topological polar surface area (TPSA) is 99.1 Å². The van der Waals surface area contributed by atoms with E-state index < -0.39 is 16.3 Å². The molecule has 20 heavy (non-hydrogen) atoms. The highest BCUT2D eigenvalue weighted by atomic mass is 32.2. The number of methoxy groups -OCH3 is 1. The lowest BCUT2D eigenvalue weighted by atomic mass is 10.2. The van der Waals surface area contributed by atoms with Crippen molar-refractivity contribution in [2.75, 3.05) is 39.7 Å². The molecule has 0 spiro atoms. The first-order valence-electron chi connectivity index (χ1n) is 5.96. The van der Waals surface area contributed by atoms with E-state index in [-0.39, 0.29) is 10.5 Å². The van der Waals surface area contributed by atoms with Gasteiger partial charge in [-0.1, -0.05) is 6.07 Å². The van der Waals surface area contributed by atoms with Crippen molar-refractivity contribution in [2.24, 2.45) is 0 Å². The average molecular weight is 304 g/mol. The van der Waals surface area contributed by atoms with E-state index in [2.05, 4.69) is 5.32 Å². The maximum absolute atomic E-state index is 12.3. The molecular weight excluding hydrogens is 284 g/mol. The second-order valence-corrected chi connectivity index (χ2v) is 6.46. The summed E-state index contributed by atoms with van der Waals surface area (Å²) in [6, 6.07) is 4.20. The molecule has 0 heterocycles. The van der Waals surface area contributed by atoms with Gasteiger partial charge in [0.2, 0.25) is 10.0 Å². The summed E-state index contributed by atoms with van der Waals surface area (Å²) in [4.78, 5) is -0.01000. The molecule has 1 aromatic carbocycles. The van der Waals surface area contributed by atoms with Crippen LogP contribution in [0.2, 0.25) is 0 Å². The number of sulfonamides is 1. The lowest BCUT2D eigenvalue weighted by Crippen LogP contribution is -2.24. The molecular formula is C12H20N2O5S. The molecule has 114 valence electrons. The van der Waals surface area contributed by atoms with Gasteiger partial charge in [-0.25, -0.2) is 12.7 Å². The minimum absolute atomic E-state index is 0.01000. The van der Waals surface area contributed by atoms with Gasteiger partial charge in [0.15, 0.2) is 6.29 Å². The van der Waals surface area contributed by atoms with Crippen molar-refractivity contribution in [2.45, 2.75) is 11.2 Å². The maximum atomic E-state index is 12.3. The molecule has 0 saturated carbocycles. The van der Waals surface area contributed by atoms with Crippen molar-refractivity contribution >= 4 is 15.7 Å². The summed E-state index contributed by atoms with van der Waals surface area (Å²) in [5, 5.41) is 21.3. The number of hydrogen-bond donors (Lipinski definition) is 3. The minimum Gasteiger partial charge on any atom is -0.383 e. The third kappa shape index (κ3) is 3.90. The van der Waals surface area contributed by atoms with Gasteiger partial charge in [-0.3, -0.25) is 0 Å². The van der Waals surface area contributed by atoms with Crippen LogP contribution in [0.15, 0.2) is 23.1 Å². The van der Waals surface area contributed by atoms with Gasteiger partial charge in [0.1, 0.15) is 4.90 Å². The standard InChI is InChI=1S/C12H20N2O5S/c1-14(2)20(17,18)11-8-9(12(15)16)4-5-10(11)13-6-7-19-3/h4-5,8,12-13,15-16H,6-7H2,1-3H3. The third-order valence-corrected chi connectivity index (χ3v) is 4.54. The fraction of sp³-hybridized carbons (Fsp3) is 0.500. The van der Waals surface area contributed by atoms with Gasteiger partial charge in [0, 0.05) is 33.3 Å². The summed E-state index contributed by atoms with van der Waals surface area (Å²) >= 11 is 0. The van der Waals surface area contributed by atoms with Crippen molar-refractivity contribution in [1.82, 2.24) is 4.31 Å². The first kappa shape index (κ1) is 16.9. The molecule has 0 atom stereocenters. The van der Waals surface area contributed by atoms with E-state index in [1.165, 1.54) is 32.3 Å². The molecule has 1 rings (SSSR count). The van der Waals surface area contributed by atoms with Crippen molar-refractivity contribution < 1.29 is 23.4 Å². The van der Waals surface area contributed by atoms with E-state index in [1.54, 1.807) is 7.11 Å². The molecule has 0 aliphatic rings. The van der Waals surface area contributed by atoms with Crippen molar-refractivity contribution in [3.05, 3.63) is 23.8 Å². The van der Waals surface area contributed by atoms with E-state index in [0.29, 0.717) is 18.8 Å². The number of aliphatic hydroxyl groups excluding tert-OH is 1. The molecule has 0 unspecified atom stereocenters. The number of nitrogens with zero attached hydrogens (tertiary/aromatic N) is 1. The van der Waals surface area contributed by atoms with Crippen LogP contribution in [0.4, 0.5) is 5.69 Å². The predicted molar refractivity (Wildman–Crippen MR) is 74.9 cm³/mol. The molecule has 0 aliphatic carbocycles. The van der Waals surface area contributed by atoms with Crippen molar-refractivity contribution in [3.8, 4) is 0 Å². The van der Waals surface area contributed by atoms with Crippen molar-refractivity contribution in [1.29, 1.82) is 0 Å². The monoisotopic (exact) mass is 304 g/mol. The molecule has 0 radical (unpaired) electrons. The number of rotatable bonds is 7. The number of aliphatic hydroxyl groups is 2. The average Bonchev–Trinajstić information content (AvgIpc) is 2.38. The van der Waals surface area contributed by atoms with E-state index >= 15 is 0 Å². The van der Waals surface area contributed by atoms with Gasteiger partial charge in [0.05, 0.1) is 12.3 Å². The fourth-order valence-electron chi connectivity index (χ4n) is 1.54. The van der Waals surface area contributed by atoms with Crippen molar-refractivity contribution in [3.63, 3.8) is 0 Å². The SMILES string of the molecule is COCCNc1ccc(C(O)O)cc1S(=O)(=O)N(C)C. The highest BCUT2D eigenvalue weighted by Crippen LogP contribution is 2.26. The van der Waals surface area contributed by atoms with Crippen LogP contribution in [0.5, 0.6) is 0 Å². The number of anilines is 1. The van der Waals surface area contributed by atoms with Gasteiger partial charge < -0.3 is 20.3 Å². The van der Waals surface area contributed by atoms with Gasteiger partial charge in [-0.15, -0.1) is 0 Å². The lowest BCUT2D eigenvalue weighted by Gasteiger charge is -2.18. The first-order valence-corrected chi connectivity index (χ1v) is 7.40. The Balaban J connectivity index is 3.24. The van der Waals surface area contributed by atoms with Crippen LogP contribution in [0.3, 0.4) is 0 Å². The third-order valence-electron chi connectivity index (χ3n) is 2.68. The Bertz CT molecular complexity index is 543. The number of ether oxygens (including phenoxy) is 1. The summed E-state index contributed by atoms with van der Waals surface area (Å²) in [5.41, 5.74) is 0.503. The molecule has 3 N–H and O–H groups in total. The zero-order valence-electron chi connectivity index (χ0n) is 11.7. The van der Waals surface area contributed by atoms with Crippen LogP contribution in [0, 0.1) is 0 Å². The second kappa shape index (κ2) is 7.00. The zero-order chi connectivity index (χ0) is 15.3. The molecule has 0 amide bonds. The Morgan fingerprint density at radius 2 is 2.00 bits per heavy atom. The Hall–Kier alpha value is -1.19. The Morgan fingerprint density at radius 1 is 1.35 bits per heavy atom. The Labute approximate surface area is 118 Å². The molecule has 0 fully saturated rings. The smallest absolute Gasteiger partial charge is 0.244 e. The van der Waals surface area contributed by atoms with Crippen LogP contribution in [0.25, 0.3) is 0 Å². The summed E-state index contributed by atoms with van der Waals surface area (Å²) in [6.07, 6.45) is -1.72.